The summed E-state index contributed by atoms with van der Waals surface area (Å²) in [6, 6.07) is 20.0. The van der Waals surface area contributed by atoms with E-state index in [1.807, 2.05) is 42.5 Å². The van der Waals surface area contributed by atoms with Crippen molar-refractivity contribution in [3.63, 3.8) is 0 Å². The van der Waals surface area contributed by atoms with Gasteiger partial charge in [-0.25, -0.2) is 9.48 Å². The van der Waals surface area contributed by atoms with Crippen LogP contribution in [0.4, 0.5) is 5.69 Å². The van der Waals surface area contributed by atoms with Gasteiger partial charge in [0.2, 0.25) is 0 Å². The van der Waals surface area contributed by atoms with E-state index in [0.29, 0.717) is 30.0 Å². The fourth-order valence-corrected chi connectivity index (χ4v) is 3.44. The molecule has 1 N–H and O–H groups in total. The molecule has 0 aliphatic rings. The van der Waals surface area contributed by atoms with Gasteiger partial charge in [0.15, 0.2) is 5.65 Å². The van der Waals surface area contributed by atoms with E-state index in [4.69, 9.17) is 4.74 Å². The van der Waals surface area contributed by atoms with Gasteiger partial charge in [-0.1, -0.05) is 38.0 Å². The number of carbonyl (C=O) groups excluding carboxylic acids is 1. The van der Waals surface area contributed by atoms with Gasteiger partial charge in [0.05, 0.1) is 13.2 Å². The first-order chi connectivity index (χ1) is 15.6. The smallest absolute Gasteiger partial charge is 0.350 e. The molecule has 2 aromatic heterocycles. The summed E-state index contributed by atoms with van der Waals surface area (Å²) in [6.45, 7) is 3.15. The van der Waals surface area contributed by atoms with Crippen LogP contribution >= 0.6 is 0 Å². The Hall–Kier alpha value is -3.87. The van der Waals surface area contributed by atoms with E-state index in [-0.39, 0.29) is 11.6 Å². The molecule has 7 heteroatoms. The van der Waals surface area contributed by atoms with Gasteiger partial charge in [0.25, 0.3) is 5.91 Å². The molecule has 0 fully saturated rings. The lowest BCUT2D eigenvalue weighted by Gasteiger charge is -2.09. The monoisotopic (exact) mass is 430 g/mol. The number of nitrogens with one attached hydrogen (secondary N) is 1. The highest BCUT2D eigenvalue weighted by atomic mass is 16.5. The number of hydrogen-bond donors (Lipinski definition) is 1. The number of fused-ring (bicyclic) bond motifs is 1. The van der Waals surface area contributed by atoms with Gasteiger partial charge < -0.3 is 10.1 Å². The van der Waals surface area contributed by atoms with Crippen molar-refractivity contribution in [2.45, 2.75) is 32.7 Å². The molecule has 0 radical (unpaired) electrons. The zero-order valence-electron chi connectivity index (χ0n) is 18.0. The van der Waals surface area contributed by atoms with Crippen LogP contribution in [-0.2, 0) is 6.54 Å². The van der Waals surface area contributed by atoms with Crippen LogP contribution in [0.5, 0.6) is 5.75 Å². The predicted octanol–water partition coefficient (Wildman–Crippen LogP) is 4.37. The number of aromatic nitrogens is 3. The molecule has 0 spiro atoms. The normalized spacial score (nSPS) is 10.9. The number of pyridine rings is 1. The maximum absolute atomic E-state index is 12.6. The molecule has 0 unspecified atom stereocenters. The lowest BCUT2D eigenvalue weighted by atomic mass is 10.1. The second-order valence-electron chi connectivity index (χ2n) is 7.60. The lowest BCUT2D eigenvalue weighted by molar-refractivity contribution is 0.102. The van der Waals surface area contributed by atoms with E-state index in [0.717, 1.165) is 30.6 Å². The molecule has 2 heterocycles. The summed E-state index contributed by atoms with van der Waals surface area (Å²) >= 11 is 0. The number of rotatable bonds is 9. The van der Waals surface area contributed by atoms with Crippen molar-refractivity contribution in [2.75, 3.05) is 11.9 Å². The fourth-order valence-electron chi connectivity index (χ4n) is 3.44. The number of unbranched alkanes of at least 4 members (excludes halogenated alkanes) is 2. The maximum atomic E-state index is 12.6. The molecule has 0 atom stereocenters. The van der Waals surface area contributed by atoms with E-state index in [2.05, 4.69) is 17.3 Å². The Morgan fingerprint density at radius 1 is 1.03 bits per heavy atom. The van der Waals surface area contributed by atoms with Crippen LogP contribution in [0.2, 0.25) is 0 Å². The third-order valence-electron chi connectivity index (χ3n) is 5.14. The number of carbonyl (C=O) groups is 1. The minimum absolute atomic E-state index is 0.202. The minimum atomic E-state index is -0.204. The number of amides is 1. The molecular weight excluding hydrogens is 404 g/mol. The molecule has 164 valence electrons. The van der Waals surface area contributed by atoms with Crippen molar-refractivity contribution in [1.82, 2.24) is 14.2 Å². The molecule has 7 nitrogen and oxygen atoms in total. The standard InChI is InChI=1S/C25H26N4O3/c1-2-3-6-16-32-22-13-11-20(12-14-22)24(30)26-21-9-7-8-19(17-21)18-29-25(31)28-15-5-4-10-23(28)27-29/h4-5,7-15,17H,2-3,6,16,18H2,1H3,(H,26,30). The maximum Gasteiger partial charge on any atom is 0.350 e. The molecule has 0 saturated carbocycles. The van der Waals surface area contributed by atoms with Crippen molar-refractivity contribution >= 4 is 17.2 Å². The van der Waals surface area contributed by atoms with Crippen LogP contribution in [0.15, 0.2) is 77.7 Å². The van der Waals surface area contributed by atoms with E-state index in [9.17, 15) is 9.59 Å². The Bertz CT molecular complexity index is 1260. The summed E-state index contributed by atoms with van der Waals surface area (Å²) < 4.78 is 8.61. The second-order valence-corrected chi connectivity index (χ2v) is 7.60. The molecule has 2 aromatic carbocycles. The summed E-state index contributed by atoms with van der Waals surface area (Å²) in [5.41, 5.74) is 2.47. The van der Waals surface area contributed by atoms with Crippen molar-refractivity contribution in [3.05, 3.63) is 94.5 Å². The van der Waals surface area contributed by atoms with Crippen LogP contribution in [0.3, 0.4) is 0 Å². The van der Waals surface area contributed by atoms with Crippen LogP contribution in [-0.4, -0.2) is 26.7 Å². The van der Waals surface area contributed by atoms with E-state index in [1.165, 1.54) is 9.08 Å². The molecule has 4 aromatic rings. The van der Waals surface area contributed by atoms with Crippen molar-refractivity contribution < 1.29 is 9.53 Å². The largest absolute Gasteiger partial charge is 0.494 e. The van der Waals surface area contributed by atoms with E-state index < -0.39 is 0 Å². The SMILES string of the molecule is CCCCCOc1ccc(C(=O)Nc2cccc(Cn3nc4ccccn4c3=O)c2)cc1. The zero-order chi connectivity index (χ0) is 22.3. The van der Waals surface area contributed by atoms with Crippen molar-refractivity contribution in [2.24, 2.45) is 0 Å². The topological polar surface area (TPSA) is 77.6 Å². The van der Waals surface area contributed by atoms with Crippen LogP contribution < -0.4 is 15.7 Å². The number of nitrogens with zero attached hydrogens (tertiary/aromatic N) is 3. The summed E-state index contributed by atoms with van der Waals surface area (Å²) in [7, 11) is 0. The van der Waals surface area contributed by atoms with Crippen LogP contribution in [0.25, 0.3) is 5.65 Å². The molecular formula is C25H26N4O3. The summed E-state index contributed by atoms with van der Waals surface area (Å²) in [5.74, 6) is 0.558. The third-order valence-corrected chi connectivity index (χ3v) is 5.14. The quantitative estimate of drug-likeness (QED) is 0.400. The number of ether oxygens (including phenoxy) is 1. The molecule has 1 amide bonds. The second kappa shape index (κ2) is 9.96. The number of benzene rings is 2. The third kappa shape index (κ3) is 5.06. The van der Waals surface area contributed by atoms with Gasteiger partial charge in [0, 0.05) is 17.4 Å². The van der Waals surface area contributed by atoms with Crippen LogP contribution in [0, 0.1) is 0 Å². The first-order valence-corrected chi connectivity index (χ1v) is 10.8. The van der Waals surface area contributed by atoms with Gasteiger partial charge in [-0.3, -0.25) is 9.20 Å². The summed E-state index contributed by atoms with van der Waals surface area (Å²) in [4.78, 5) is 25.1. The van der Waals surface area contributed by atoms with Crippen molar-refractivity contribution in [3.8, 4) is 5.75 Å². The lowest BCUT2D eigenvalue weighted by Crippen LogP contribution is -2.21. The van der Waals surface area contributed by atoms with Crippen LogP contribution in [0.1, 0.15) is 42.1 Å². The van der Waals surface area contributed by atoms with E-state index >= 15 is 0 Å². The summed E-state index contributed by atoms with van der Waals surface area (Å²) in [6.07, 6.45) is 5.01. The van der Waals surface area contributed by atoms with Gasteiger partial charge in [0.1, 0.15) is 5.75 Å². The molecule has 32 heavy (non-hydrogen) atoms. The average molecular weight is 431 g/mol. The Balaban J connectivity index is 1.40. The summed E-state index contributed by atoms with van der Waals surface area (Å²) in [5, 5.41) is 7.27. The average Bonchev–Trinajstić information content (AvgIpc) is 3.12. The molecule has 4 rings (SSSR count). The Morgan fingerprint density at radius 2 is 1.88 bits per heavy atom. The van der Waals surface area contributed by atoms with Gasteiger partial charge in [-0.15, -0.1) is 5.10 Å². The molecule has 0 aliphatic carbocycles. The zero-order valence-corrected chi connectivity index (χ0v) is 18.0. The number of hydrogen-bond acceptors (Lipinski definition) is 4. The minimum Gasteiger partial charge on any atom is -0.494 e. The molecule has 0 bridgehead atoms. The van der Waals surface area contributed by atoms with Crippen molar-refractivity contribution in [1.29, 1.82) is 0 Å². The fraction of sp³-hybridized carbons (Fsp3) is 0.240. The van der Waals surface area contributed by atoms with E-state index in [1.54, 1.807) is 30.5 Å². The molecule has 0 saturated heterocycles. The highest BCUT2D eigenvalue weighted by Gasteiger charge is 2.09. The predicted molar refractivity (Wildman–Crippen MR) is 124 cm³/mol. The highest BCUT2D eigenvalue weighted by molar-refractivity contribution is 6.04. The Kier molecular flexibility index (Phi) is 6.65. The van der Waals surface area contributed by atoms with Gasteiger partial charge in [-0.05, 0) is 60.5 Å². The van der Waals surface area contributed by atoms with Gasteiger partial charge in [-0.2, -0.15) is 0 Å². The molecule has 0 aliphatic heterocycles. The first-order valence-electron chi connectivity index (χ1n) is 10.8. The Morgan fingerprint density at radius 3 is 2.66 bits per heavy atom. The number of anilines is 1. The Labute approximate surface area is 186 Å². The van der Waals surface area contributed by atoms with Gasteiger partial charge >= 0.3 is 5.69 Å². The highest BCUT2D eigenvalue weighted by Crippen LogP contribution is 2.16. The first kappa shape index (κ1) is 21.4.